The second-order valence-corrected chi connectivity index (χ2v) is 5.12. The normalized spacial score (nSPS) is 19.7. The Morgan fingerprint density at radius 2 is 2.11 bits per heavy atom. The van der Waals surface area contributed by atoms with Crippen LogP contribution in [-0.4, -0.2) is 17.8 Å². The first-order valence-corrected chi connectivity index (χ1v) is 6.87. The van der Waals surface area contributed by atoms with Crippen molar-refractivity contribution in [3.8, 4) is 11.5 Å². The number of benzene rings is 1. The van der Waals surface area contributed by atoms with Crippen LogP contribution < -0.4 is 10.1 Å². The minimum atomic E-state index is 0.246. The molecule has 0 aromatic heterocycles. The van der Waals surface area contributed by atoms with Gasteiger partial charge >= 0.3 is 0 Å². The van der Waals surface area contributed by atoms with E-state index in [0.717, 1.165) is 11.3 Å². The van der Waals surface area contributed by atoms with Crippen LogP contribution in [0.5, 0.6) is 11.5 Å². The molecular formula is C15H23NO2. The van der Waals surface area contributed by atoms with E-state index >= 15 is 0 Å². The molecule has 1 aromatic rings. The minimum Gasteiger partial charge on any atom is -0.508 e. The molecule has 0 spiro atoms. The molecule has 18 heavy (non-hydrogen) atoms. The molecule has 0 saturated carbocycles. The summed E-state index contributed by atoms with van der Waals surface area (Å²) in [5, 5.41) is 13.1. The number of phenols is 1. The first kappa shape index (κ1) is 13.2. The second-order valence-electron chi connectivity index (χ2n) is 5.12. The van der Waals surface area contributed by atoms with Crippen molar-refractivity contribution in [2.75, 3.05) is 6.61 Å². The third-order valence-electron chi connectivity index (χ3n) is 4.00. The summed E-state index contributed by atoms with van der Waals surface area (Å²) in [7, 11) is 0. The average Bonchev–Trinajstić information content (AvgIpc) is 2.73. The van der Waals surface area contributed by atoms with Crippen molar-refractivity contribution in [3.05, 3.63) is 23.8 Å². The molecule has 1 aliphatic heterocycles. The third-order valence-corrected chi connectivity index (χ3v) is 4.00. The predicted molar refractivity (Wildman–Crippen MR) is 73.0 cm³/mol. The topological polar surface area (TPSA) is 41.5 Å². The van der Waals surface area contributed by atoms with E-state index in [1.807, 2.05) is 6.07 Å². The second kappa shape index (κ2) is 5.61. The van der Waals surface area contributed by atoms with Gasteiger partial charge in [-0.3, -0.25) is 0 Å². The lowest BCUT2D eigenvalue weighted by molar-refractivity contribution is 0.268. The minimum absolute atomic E-state index is 0.246. The maximum atomic E-state index is 9.43. The van der Waals surface area contributed by atoms with Crippen LogP contribution in [0.1, 0.15) is 45.2 Å². The van der Waals surface area contributed by atoms with Gasteiger partial charge < -0.3 is 15.2 Å². The Labute approximate surface area is 109 Å². The summed E-state index contributed by atoms with van der Waals surface area (Å²) < 4.78 is 5.62. The summed E-state index contributed by atoms with van der Waals surface area (Å²) in [5.41, 5.74) is 1.16. The van der Waals surface area contributed by atoms with Crippen LogP contribution in [-0.2, 0) is 0 Å². The molecule has 100 valence electrons. The lowest BCUT2D eigenvalue weighted by Gasteiger charge is -2.25. The van der Waals surface area contributed by atoms with E-state index in [9.17, 15) is 5.11 Å². The maximum Gasteiger partial charge on any atom is 0.127 e. The van der Waals surface area contributed by atoms with Crippen molar-refractivity contribution < 1.29 is 9.84 Å². The van der Waals surface area contributed by atoms with Gasteiger partial charge in [0.2, 0.25) is 0 Å². The van der Waals surface area contributed by atoms with Crippen LogP contribution in [0, 0.1) is 5.92 Å². The van der Waals surface area contributed by atoms with Gasteiger partial charge in [-0.05, 0) is 25.0 Å². The van der Waals surface area contributed by atoms with Crippen molar-refractivity contribution in [1.82, 2.24) is 5.32 Å². The first-order chi connectivity index (χ1) is 8.65. The van der Waals surface area contributed by atoms with Gasteiger partial charge in [-0.1, -0.05) is 26.7 Å². The quantitative estimate of drug-likeness (QED) is 0.841. The molecule has 2 rings (SSSR count). The Balaban J connectivity index is 2.05. The molecule has 1 heterocycles. The summed E-state index contributed by atoms with van der Waals surface area (Å²) in [6.45, 7) is 7.38. The van der Waals surface area contributed by atoms with Crippen LogP contribution in [0.3, 0.4) is 0 Å². The third kappa shape index (κ3) is 2.61. The molecule has 0 radical (unpaired) electrons. The number of hydrogen-bond donors (Lipinski definition) is 2. The highest BCUT2D eigenvalue weighted by Crippen LogP contribution is 2.35. The van der Waals surface area contributed by atoms with E-state index < -0.39 is 0 Å². The SMILES string of the molecule is CCC(CC)C(C)NC1COc2cc(O)ccc21. The molecular weight excluding hydrogens is 226 g/mol. The van der Waals surface area contributed by atoms with E-state index in [4.69, 9.17) is 4.74 Å². The fourth-order valence-electron chi connectivity index (χ4n) is 2.79. The standard InChI is InChI=1S/C15H23NO2/c1-4-11(5-2)10(3)16-14-9-18-15-8-12(17)6-7-13(14)15/h6-8,10-11,14,16-17H,4-5,9H2,1-3H3. The van der Waals surface area contributed by atoms with E-state index in [0.29, 0.717) is 18.6 Å². The fourth-order valence-corrected chi connectivity index (χ4v) is 2.79. The average molecular weight is 249 g/mol. The van der Waals surface area contributed by atoms with Crippen molar-refractivity contribution in [2.45, 2.75) is 45.7 Å². The van der Waals surface area contributed by atoms with E-state index in [1.54, 1.807) is 12.1 Å². The van der Waals surface area contributed by atoms with Crippen molar-refractivity contribution in [3.63, 3.8) is 0 Å². The Hall–Kier alpha value is -1.22. The zero-order valence-electron chi connectivity index (χ0n) is 11.4. The highest BCUT2D eigenvalue weighted by Gasteiger charge is 2.27. The smallest absolute Gasteiger partial charge is 0.127 e. The van der Waals surface area contributed by atoms with Gasteiger partial charge in [-0.2, -0.15) is 0 Å². The lowest BCUT2D eigenvalue weighted by Crippen LogP contribution is -2.36. The van der Waals surface area contributed by atoms with Gasteiger partial charge in [0.25, 0.3) is 0 Å². The zero-order chi connectivity index (χ0) is 13.1. The van der Waals surface area contributed by atoms with Crippen molar-refractivity contribution in [1.29, 1.82) is 0 Å². The van der Waals surface area contributed by atoms with E-state index in [2.05, 4.69) is 26.1 Å². The number of hydrogen-bond acceptors (Lipinski definition) is 3. The molecule has 3 nitrogen and oxygen atoms in total. The summed E-state index contributed by atoms with van der Waals surface area (Å²) in [5.74, 6) is 1.78. The molecule has 2 N–H and O–H groups in total. The molecule has 2 unspecified atom stereocenters. The van der Waals surface area contributed by atoms with Crippen LogP contribution in [0.15, 0.2) is 18.2 Å². The predicted octanol–water partition coefficient (Wildman–Crippen LogP) is 3.24. The van der Waals surface area contributed by atoms with Gasteiger partial charge in [0.05, 0.1) is 6.04 Å². The first-order valence-electron chi connectivity index (χ1n) is 6.87. The fraction of sp³-hybridized carbons (Fsp3) is 0.600. The molecule has 3 heteroatoms. The van der Waals surface area contributed by atoms with Crippen molar-refractivity contribution >= 4 is 0 Å². The Morgan fingerprint density at radius 3 is 2.78 bits per heavy atom. The van der Waals surface area contributed by atoms with Gasteiger partial charge in [0.1, 0.15) is 18.1 Å². The molecule has 2 atom stereocenters. The molecule has 0 amide bonds. The summed E-state index contributed by atoms with van der Waals surface area (Å²) in [6.07, 6.45) is 2.39. The van der Waals surface area contributed by atoms with E-state index in [-0.39, 0.29) is 11.8 Å². The Morgan fingerprint density at radius 1 is 1.39 bits per heavy atom. The number of fused-ring (bicyclic) bond motifs is 1. The molecule has 1 aliphatic rings. The van der Waals surface area contributed by atoms with Crippen LogP contribution in [0.4, 0.5) is 0 Å². The maximum absolute atomic E-state index is 9.43. The van der Waals surface area contributed by atoms with Gasteiger partial charge in [-0.25, -0.2) is 0 Å². The highest BCUT2D eigenvalue weighted by molar-refractivity contribution is 5.44. The van der Waals surface area contributed by atoms with Gasteiger partial charge in [0.15, 0.2) is 0 Å². The number of aromatic hydroxyl groups is 1. The number of rotatable bonds is 5. The zero-order valence-corrected chi connectivity index (χ0v) is 11.4. The molecule has 0 aliphatic carbocycles. The van der Waals surface area contributed by atoms with Crippen molar-refractivity contribution in [2.24, 2.45) is 5.92 Å². The number of nitrogens with one attached hydrogen (secondary N) is 1. The van der Waals surface area contributed by atoms with Gasteiger partial charge in [0, 0.05) is 17.7 Å². The summed E-state index contributed by atoms with van der Waals surface area (Å²) >= 11 is 0. The largest absolute Gasteiger partial charge is 0.508 e. The highest BCUT2D eigenvalue weighted by atomic mass is 16.5. The lowest BCUT2D eigenvalue weighted by atomic mass is 9.94. The van der Waals surface area contributed by atoms with E-state index in [1.165, 1.54) is 12.8 Å². The van der Waals surface area contributed by atoms with Crippen LogP contribution in [0.2, 0.25) is 0 Å². The van der Waals surface area contributed by atoms with Gasteiger partial charge in [-0.15, -0.1) is 0 Å². The summed E-state index contributed by atoms with van der Waals surface area (Å²) in [4.78, 5) is 0. The molecule has 0 bridgehead atoms. The Kier molecular flexibility index (Phi) is 4.12. The Bertz CT molecular complexity index is 401. The van der Waals surface area contributed by atoms with Crippen LogP contribution >= 0.6 is 0 Å². The van der Waals surface area contributed by atoms with Crippen LogP contribution in [0.25, 0.3) is 0 Å². The summed E-state index contributed by atoms with van der Waals surface area (Å²) in [6, 6.07) is 6.10. The molecule has 1 aromatic carbocycles. The molecule has 0 fully saturated rings. The number of phenolic OH excluding ortho intramolecular Hbond substituents is 1. The monoisotopic (exact) mass is 249 g/mol. The molecule has 0 saturated heterocycles. The number of ether oxygens (including phenoxy) is 1.